The number of aryl methyl sites for hydroxylation is 1. The normalized spacial score (nSPS) is 15.3. The van der Waals surface area contributed by atoms with E-state index in [1.54, 1.807) is 18.3 Å². The van der Waals surface area contributed by atoms with Gasteiger partial charge in [0.25, 0.3) is 0 Å². The number of hydrogen-bond acceptors (Lipinski definition) is 4. The van der Waals surface area contributed by atoms with E-state index in [1.807, 2.05) is 12.1 Å². The van der Waals surface area contributed by atoms with Crippen LogP contribution in [0.1, 0.15) is 11.1 Å². The fraction of sp³-hybridized carbons (Fsp3) is 0.300. The molecule has 0 bridgehead atoms. The summed E-state index contributed by atoms with van der Waals surface area (Å²) in [5, 5.41) is 0.881. The minimum Gasteiger partial charge on any atom is -0.378 e. The molecule has 1 aliphatic rings. The molecule has 0 saturated carbocycles. The molecule has 140 valence electrons. The maximum Gasteiger partial charge on any atom is 0.416 e. The first-order valence-corrected chi connectivity index (χ1v) is 8.70. The van der Waals surface area contributed by atoms with Gasteiger partial charge in [0.2, 0.25) is 0 Å². The number of aromatic nitrogens is 2. The number of rotatable bonds is 2. The predicted molar refractivity (Wildman–Crippen MR) is 97.7 cm³/mol. The van der Waals surface area contributed by atoms with Gasteiger partial charge in [-0.05, 0) is 36.8 Å². The van der Waals surface area contributed by atoms with Crippen molar-refractivity contribution in [1.29, 1.82) is 0 Å². The molecule has 7 heteroatoms. The number of morpholine rings is 1. The Morgan fingerprint density at radius 2 is 1.85 bits per heavy atom. The topological polar surface area (TPSA) is 38.2 Å². The van der Waals surface area contributed by atoms with Gasteiger partial charge in [-0.2, -0.15) is 13.2 Å². The average molecular weight is 373 g/mol. The van der Waals surface area contributed by atoms with E-state index >= 15 is 0 Å². The number of pyridine rings is 2. The molecule has 0 radical (unpaired) electrons. The van der Waals surface area contributed by atoms with E-state index in [2.05, 4.69) is 9.88 Å². The second kappa shape index (κ2) is 6.81. The molecule has 1 aliphatic heterocycles. The molecule has 27 heavy (non-hydrogen) atoms. The first kappa shape index (κ1) is 17.7. The third-order valence-electron chi connectivity index (χ3n) is 4.73. The molecule has 0 aliphatic carbocycles. The Morgan fingerprint density at radius 1 is 1.07 bits per heavy atom. The smallest absolute Gasteiger partial charge is 0.378 e. The zero-order valence-electron chi connectivity index (χ0n) is 14.8. The van der Waals surface area contributed by atoms with E-state index in [4.69, 9.17) is 9.72 Å². The second-order valence-corrected chi connectivity index (χ2v) is 6.53. The maximum atomic E-state index is 13.3. The van der Waals surface area contributed by atoms with Crippen LogP contribution in [0, 0.1) is 6.92 Å². The second-order valence-electron chi connectivity index (χ2n) is 6.53. The standard InChI is InChI=1S/C20H18F3N3O/c1-13-4-5-14(11-16(13)20(21,22)23)17-12-18-15(3-2-6-24-18)19(25-17)26-7-9-27-10-8-26/h2-6,11-12H,7-10H2,1H3. The first-order chi connectivity index (χ1) is 12.9. The zero-order valence-corrected chi connectivity index (χ0v) is 14.8. The summed E-state index contributed by atoms with van der Waals surface area (Å²) in [6.07, 6.45) is -2.73. The van der Waals surface area contributed by atoms with Gasteiger partial charge in [-0.25, -0.2) is 4.98 Å². The van der Waals surface area contributed by atoms with Gasteiger partial charge in [-0.3, -0.25) is 4.98 Å². The van der Waals surface area contributed by atoms with Crippen molar-refractivity contribution in [3.63, 3.8) is 0 Å². The summed E-state index contributed by atoms with van der Waals surface area (Å²) in [6, 6.07) is 9.82. The van der Waals surface area contributed by atoms with E-state index in [-0.39, 0.29) is 5.56 Å². The van der Waals surface area contributed by atoms with Crippen molar-refractivity contribution in [2.45, 2.75) is 13.1 Å². The molecule has 0 spiro atoms. The summed E-state index contributed by atoms with van der Waals surface area (Å²) in [7, 11) is 0. The lowest BCUT2D eigenvalue weighted by molar-refractivity contribution is -0.138. The minimum atomic E-state index is -4.40. The molecule has 3 heterocycles. The molecule has 4 rings (SSSR count). The number of fused-ring (bicyclic) bond motifs is 1. The monoisotopic (exact) mass is 373 g/mol. The fourth-order valence-electron chi connectivity index (χ4n) is 3.31. The van der Waals surface area contributed by atoms with Crippen molar-refractivity contribution < 1.29 is 17.9 Å². The summed E-state index contributed by atoms with van der Waals surface area (Å²) in [5.41, 5.74) is 1.16. The Morgan fingerprint density at radius 3 is 2.59 bits per heavy atom. The Balaban J connectivity index is 1.88. The number of ether oxygens (including phenoxy) is 1. The molecule has 1 fully saturated rings. The Bertz CT molecular complexity index is 982. The largest absolute Gasteiger partial charge is 0.416 e. The molecular weight excluding hydrogens is 355 g/mol. The highest BCUT2D eigenvalue weighted by atomic mass is 19.4. The van der Waals surface area contributed by atoms with E-state index in [1.165, 1.54) is 13.0 Å². The summed E-state index contributed by atoms with van der Waals surface area (Å²) in [5.74, 6) is 0.730. The molecule has 4 nitrogen and oxygen atoms in total. The lowest BCUT2D eigenvalue weighted by atomic mass is 10.0. The van der Waals surface area contributed by atoms with E-state index in [0.717, 1.165) is 17.3 Å². The number of halogens is 3. The van der Waals surface area contributed by atoms with Gasteiger partial charge in [0, 0.05) is 30.2 Å². The third-order valence-corrected chi connectivity index (χ3v) is 4.73. The molecule has 0 amide bonds. The molecule has 0 N–H and O–H groups in total. The van der Waals surface area contributed by atoms with Gasteiger partial charge in [0.15, 0.2) is 0 Å². The number of nitrogens with zero attached hydrogens (tertiary/aromatic N) is 3. The van der Waals surface area contributed by atoms with Crippen LogP contribution in [0.3, 0.4) is 0 Å². The van der Waals surface area contributed by atoms with Crippen molar-refractivity contribution in [2.75, 3.05) is 31.2 Å². The summed E-state index contributed by atoms with van der Waals surface area (Å²) < 4.78 is 45.3. The van der Waals surface area contributed by atoms with Crippen molar-refractivity contribution in [3.05, 3.63) is 53.7 Å². The van der Waals surface area contributed by atoms with E-state index in [0.29, 0.717) is 43.1 Å². The molecule has 0 atom stereocenters. The van der Waals surface area contributed by atoms with Crippen LogP contribution >= 0.6 is 0 Å². The number of alkyl halides is 3. The highest BCUT2D eigenvalue weighted by Crippen LogP contribution is 2.36. The van der Waals surface area contributed by atoms with Gasteiger partial charge in [-0.1, -0.05) is 12.1 Å². The van der Waals surface area contributed by atoms with Crippen molar-refractivity contribution in [2.24, 2.45) is 0 Å². The van der Waals surface area contributed by atoms with Gasteiger partial charge in [-0.15, -0.1) is 0 Å². The highest BCUT2D eigenvalue weighted by molar-refractivity contribution is 5.92. The quantitative estimate of drug-likeness (QED) is 0.665. The first-order valence-electron chi connectivity index (χ1n) is 8.70. The summed E-state index contributed by atoms with van der Waals surface area (Å²) >= 11 is 0. The van der Waals surface area contributed by atoms with Gasteiger partial charge in [0.1, 0.15) is 5.82 Å². The van der Waals surface area contributed by atoms with E-state index < -0.39 is 11.7 Å². The van der Waals surface area contributed by atoms with Crippen LogP contribution < -0.4 is 4.90 Å². The molecule has 2 aromatic heterocycles. The Labute approximate surface area is 154 Å². The van der Waals surface area contributed by atoms with E-state index in [9.17, 15) is 13.2 Å². The summed E-state index contributed by atoms with van der Waals surface area (Å²) in [6.45, 7) is 4.01. The average Bonchev–Trinajstić information content (AvgIpc) is 2.67. The van der Waals surface area contributed by atoms with Gasteiger partial charge in [0.05, 0.1) is 30.0 Å². The van der Waals surface area contributed by atoms with Gasteiger partial charge < -0.3 is 9.64 Å². The van der Waals surface area contributed by atoms with Crippen molar-refractivity contribution in [3.8, 4) is 11.3 Å². The number of hydrogen-bond donors (Lipinski definition) is 0. The molecule has 3 aromatic rings. The summed E-state index contributed by atoms with van der Waals surface area (Å²) in [4.78, 5) is 11.2. The molecule has 1 saturated heterocycles. The van der Waals surface area contributed by atoms with Crippen LogP contribution in [-0.2, 0) is 10.9 Å². The van der Waals surface area contributed by atoms with Crippen LogP contribution in [0.15, 0.2) is 42.6 Å². The van der Waals surface area contributed by atoms with Crippen LogP contribution in [0.25, 0.3) is 22.2 Å². The Kier molecular flexibility index (Phi) is 4.47. The lowest BCUT2D eigenvalue weighted by Crippen LogP contribution is -2.37. The van der Waals surface area contributed by atoms with Gasteiger partial charge >= 0.3 is 6.18 Å². The zero-order chi connectivity index (χ0) is 19.0. The van der Waals surface area contributed by atoms with Crippen LogP contribution in [0.5, 0.6) is 0 Å². The van der Waals surface area contributed by atoms with Crippen molar-refractivity contribution >= 4 is 16.7 Å². The highest BCUT2D eigenvalue weighted by Gasteiger charge is 2.32. The molecule has 1 aromatic carbocycles. The van der Waals surface area contributed by atoms with Crippen molar-refractivity contribution in [1.82, 2.24) is 9.97 Å². The molecule has 0 unspecified atom stereocenters. The number of anilines is 1. The molecular formula is C20H18F3N3O. The third kappa shape index (κ3) is 3.47. The fourth-order valence-corrected chi connectivity index (χ4v) is 3.31. The van der Waals surface area contributed by atoms with Crippen LogP contribution in [0.4, 0.5) is 19.0 Å². The SMILES string of the molecule is Cc1ccc(-c2cc3ncccc3c(N3CCOCC3)n2)cc1C(F)(F)F. The maximum absolute atomic E-state index is 13.3. The predicted octanol–water partition coefficient (Wildman–Crippen LogP) is 4.46. The van der Waals surface area contributed by atoms with Crippen LogP contribution in [-0.4, -0.2) is 36.3 Å². The Hall–Kier alpha value is -2.67. The minimum absolute atomic E-state index is 0.193. The number of benzene rings is 1. The lowest BCUT2D eigenvalue weighted by Gasteiger charge is -2.29. The van der Waals surface area contributed by atoms with Crippen LogP contribution in [0.2, 0.25) is 0 Å².